The molecule has 0 saturated heterocycles. The van der Waals surface area contributed by atoms with Gasteiger partial charge in [-0.1, -0.05) is 6.07 Å². The smallest absolute Gasteiger partial charge is 0.0901 e. The van der Waals surface area contributed by atoms with E-state index in [0.717, 1.165) is 27.5 Å². The summed E-state index contributed by atoms with van der Waals surface area (Å²) in [5.74, 6) is 0. The van der Waals surface area contributed by atoms with Crippen LogP contribution in [0.15, 0.2) is 23.6 Å². The summed E-state index contributed by atoms with van der Waals surface area (Å²) in [7, 11) is 0. The average Bonchev–Trinajstić information content (AvgIpc) is 2.57. The van der Waals surface area contributed by atoms with Crippen molar-refractivity contribution >= 4 is 17.0 Å². The Morgan fingerprint density at radius 3 is 2.64 bits per heavy atom. The third-order valence-corrected chi connectivity index (χ3v) is 2.96. The molecule has 2 N–H and O–H groups in total. The molecule has 0 aliphatic heterocycles. The fourth-order valence-corrected chi connectivity index (χ4v) is 1.95. The van der Waals surface area contributed by atoms with Crippen LogP contribution in [0.3, 0.4) is 0 Å². The van der Waals surface area contributed by atoms with E-state index in [0.29, 0.717) is 0 Å². The summed E-state index contributed by atoms with van der Waals surface area (Å²) in [6.45, 7) is 4.02. The minimum Gasteiger partial charge on any atom is -0.399 e. The molecule has 1 aromatic heterocycles. The Bertz CT molecular complexity index is 460. The molecule has 0 amide bonds. The summed E-state index contributed by atoms with van der Waals surface area (Å²) in [6.07, 6.45) is 0. The minimum atomic E-state index is 0.834. The fourth-order valence-electron chi connectivity index (χ4n) is 1.33. The molecule has 1 aromatic carbocycles. The second kappa shape index (κ2) is 3.42. The third kappa shape index (κ3) is 1.63. The highest BCUT2D eigenvalue weighted by Gasteiger charge is 2.02. The van der Waals surface area contributed by atoms with E-state index in [1.165, 1.54) is 0 Å². The molecule has 14 heavy (non-hydrogen) atoms. The summed E-state index contributed by atoms with van der Waals surface area (Å²) in [6, 6.07) is 6.01. The molecule has 0 fully saturated rings. The van der Waals surface area contributed by atoms with Gasteiger partial charge in [0.15, 0.2) is 0 Å². The van der Waals surface area contributed by atoms with Crippen LogP contribution in [0.1, 0.15) is 10.6 Å². The van der Waals surface area contributed by atoms with Crippen molar-refractivity contribution in [2.24, 2.45) is 0 Å². The molecule has 0 radical (unpaired) electrons. The van der Waals surface area contributed by atoms with E-state index in [-0.39, 0.29) is 0 Å². The van der Waals surface area contributed by atoms with E-state index >= 15 is 0 Å². The second-order valence-corrected chi connectivity index (χ2v) is 4.39. The number of hydrogen-bond donors (Lipinski definition) is 1. The Balaban J connectivity index is 2.47. The Hall–Kier alpha value is -1.35. The van der Waals surface area contributed by atoms with Crippen molar-refractivity contribution in [3.8, 4) is 11.3 Å². The number of thiazole rings is 1. The topological polar surface area (TPSA) is 38.9 Å². The van der Waals surface area contributed by atoms with Crippen LogP contribution in [0.25, 0.3) is 11.3 Å². The lowest BCUT2D eigenvalue weighted by atomic mass is 10.1. The number of hydrogen-bond acceptors (Lipinski definition) is 3. The Labute approximate surface area is 87.4 Å². The van der Waals surface area contributed by atoms with E-state index in [2.05, 4.69) is 16.4 Å². The lowest BCUT2D eigenvalue weighted by molar-refractivity contribution is 1.29. The van der Waals surface area contributed by atoms with Gasteiger partial charge in [0.25, 0.3) is 0 Å². The zero-order chi connectivity index (χ0) is 10.1. The molecule has 0 aliphatic carbocycles. The van der Waals surface area contributed by atoms with Crippen LogP contribution >= 0.6 is 11.3 Å². The van der Waals surface area contributed by atoms with Gasteiger partial charge in [0.05, 0.1) is 10.7 Å². The molecular weight excluding hydrogens is 192 g/mol. The Morgan fingerprint density at radius 2 is 2.07 bits per heavy atom. The average molecular weight is 204 g/mol. The molecule has 72 valence electrons. The van der Waals surface area contributed by atoms with E-state index in [9.17, 15) is 0 Å². The molecule has 0 bridgehead atoms. The minimum absolute atomic E-state index is 0.834. The molecule has 2 nitrogen and oxygen atoms in total. The van der Waals surface area contributed by atoms with Crippen molar-refractivity contribution in [1.82, 2.24) is 4.98 Å². The van der Waals surface area contributed by atoms with Crippen LogP contribution < -0.4 is 5.73 Å². The SMILES string of the molecule is Cc1nc(-c2ccc(N)c(C)c2)cs1. The van der Waals surface area contributed by atoms with Crippen molar-refractivity contribution < 1.29 is 0 Å². The fraction of sp³-hybridized carbons (Fsp3) is 0.182. The van der Waals surface area contributed by atoms with Crippen LogP contribution in [0.5, 0.6) is 0 Å². The molecule has 0 saturated carbocycles. The Morgan fingerprint density at radius 1 is 1.29 bits per heavy atom. The zero-order valence-electron chi connectivity index (χ0n) is 8.24. The molecule has 0 spiro atoms. The van der Waals surface area contributed by atoms with Gasteiger partial charge in [0.1, 0.15) is 0 Å². The van der Waals surface area contributed by atoms with E-state index < -0.39 is 0 Å². The van der Waals surface area contributed by atoms with Gasteiger partial charge in [-0.05, 0) is 31.5 Å². The molecule has 0 unspecified atom stereocenters. The number of aryl methyl sites for hydroxylation is 2. The summed E-state index contributed by atoms with van der Waals surface area (Å²) < 4.78 is 0. The second-order valence-electron chi connectivity index (χ2n) is 3.32. The predicted molar refractivity (Wildman–Crippen MR) is 61.4 cm³/mol. The molecule has 2 aromatic rings. The van der Waals surface area contributed by atoms with Crippen LogP contribution in [-0.4, -0.2) is 4.98 Å². The van der Waals surface area contributed by atoms with Gasteiger partial charge in [-0.25, -0.2) is 4.98 Å². The highest BCUT2D eigenvalue weighted by atomic mass is 32.1. The lowest BCUT2D eigenvalue weighted by Gasteiger charge is -2.01. The van der Waals surface area contributed by atoms with Crippen molar-refractivity contribution in [2.45, 2.75) is 13.8 Å². The first-order valence-corrected chi connectivity index (χ1v) is 5.33. The van der Waals surface area contributed by atoms with Crippen molar-refractivity contribution in [3.63, 3.8) is 0 Å². The summed E-state index contributed by atoms with van der Waals surface area (Å²) in [5.41, 5.74) is 9.87. The number of nitrogens with two attached hydrogens (primary N) is 1. The van der Waals surface area contributed by atoms with E-state index in [4.69, 9.17) is 5.73 Å². The summed E-state index contributed by atoms with van der Waals surface area (Å²) in [5, 5.41) is 3.16. The van der Waals surface area contributed by atoms with E-state index in [1.54, 1.807) is 11.3 Å². The molecule has 0 atom stereocenters. The third-order valence-electron chi connectivity index (χ3n) is 2.18. The summed E-state index contributed by atoms with van der Waals surface area (Å²) >= 11 is 1.67. The van der Waals surface area contributed by atoms with Gasteiger partial charge >= 0.3 is 0 Å². The zero-order valence-corrected chi connectivity index (χ0v) is 9.06. The maximum Gasteiger partial charge on any atom is 0.0901 e. The number of aromatic nitrogens is 1. The number of nitrogen functional groups attached to an aromatic ring is 1. The number of nitrogens with zero attached hydrogens (tertiary/aromatic N) is 1. The van der Waals surface area contributed by atoms with E-state index in [1.807, 2.05) is 26.0 Å². The van der Waals surface area contributed by atoms with Gasteiger partial charge in [0.2, 0.25) is 0 Å². The van der Waals surface area contributed by atoms with Crippen LogP contribution in [0.4, 0.5) is 5.69 Å². The molecular formula is C11H12N2S. The van der Waals surface area contributed by atoms with Crippen LogP contribution in [-0.2, 0) is 0 Å². The summed E-state index contributed by atoms with van der Waals surface area (Å²) in [4.78, 5) is 4.43. The number of rotatable bonds is 1. The first kappa shape index (κ1) is 9.21. The molecule has 1 heterocycles. The first-order chi connectivity index (χ1) is 6.66. The molecule has 0 aliphatic rings. The number of benzene rings is 1. The van der Waals surface area contributed by atoms with Gasteiger partial charge < -0.3 is 5.73 Å². The van der Waals surface area contributed by atoms with Gasteiger partial charge in [0, 0.05) is 16.6 Å². The first-order valence-electron chi connectivity index (χ1n) is 4.45. The quantitative estimate of drug-likeness (QED) is 0.725. The highest BCUT2D eigenvalue weighted by Crippen LogP contribution is 2.24. The van der Waals surface area contributed by atoms with Crippen LogP contribution in [0, 0.1) is 13.8 Å². The highest BCUT2D eigenvalue weighted by molar-refractivity contribution is 7.09. The predicted octanol–water partition coefficient (Wildman–Crippen LogP) is 3.01. The lowest BCUT2D eigenvalue weighted by Crippen LogP contribution is -1.89. The molecule has 2 rings (SSSR count). The van der Waals surface area contributed by atoms with Crippen molar-refractivity contribution in [3.05, 3.63) is 34.2 Å². The van der Waals surface area contributed by atoms with Gasteiger partial charge in [-0.15, -0.1) is 11.3 Å². The monoisotopic (exact) mass is 204 g/mol. The largest absolute Gasteiger partial charge is 0.399 e. The van der Waals surface area contributed by atoms with Crippen molar-refractivity contribution in [1.29, 1.82) is 0 Å². The van der Waals surface area contributed by atoms with Gasteiger partial charge in [-0.2, -0.15) is 0 Å². The Kier molecular flexibility index (Phi) is 2.25. The van der Waals surface area contributed by atoms with Gasteiger partial charge in [-0.3, -0.25) is 0 Å². The normalized spacial score (nSPS) is 10.4. The number of anilines is 1. The molecule has 3 heteroatoms. The maximum atomic E-state index is 5.75. The van der Waals surface area contributed by atoms with Crippen molar-refractivity contribution in [2.75, 3.05) is 5.73 Å². The standard InChI is InChI=1S/C11H12N2S/c1-7-5-9(3-4-10(7)12)11-6-14-8(2)13-11/h3-6H,12H2,1-2H3. The van der Waals surface area contributed by atoms with Crippen LogP contribution in [0.2, 0.25) is 0 Å². The maximum absolute atomic E-state index is 5.75.